The minimum absolute atomic E-state index is 0.114. The highest BCUT2D eigenvalue weighted by atomic mass is 35.5. The van der Waals surface area contributed by atoms with E-state index in [1.54, 1.807) is 6.07 Å². The molecule has 0 saturated carbocycles. The van der Waals surface area contributed by atoms with Crippen molar-refractivity contribution in [2.24, 2.45) is 0 Å². The molecule has 1 amide bonds. The van der Waals surface area contributed by atoms with Crippen LogP contribution in [0.3, 0.4) is 0 Å². The second kappa shape index (κ2) is 8.46. The van der Waals surface area contributed by atoms with Crippen LogP contribution in [0.1, 0.15) is 10.4 Å². The molecule has 0 radical (unpaired) electrons. The molecule has 0 aliphatic rings. The fraction of sp³-hybridized carbons (Fsp3) is 0. The van der Waals surface area contributed by atoms with Crippen molar-refractivity contribution in [1.29, 1.82) is 0 Å². The number of benzene rings is 1. The highest BCUT2D eigenvalue weighted by Crippen LogP contribution is 2.32. The molecule has 3 aromatic rings. The number of nitrogens with zero attached hydrogens (tertiary/aromatic N) is 4. The largest absolute Gasteiger partial charge is 0.355 e. The average Bonchev–Trinajstić information content (AvgIpc) is 2.65. The molecule has 12 heteroatoms. The lowest BCUT2D eigenvalue weighted by Gasteiger charge is -2.11. The maximum atomic E-state index is 12.1. The zero-order valence-electron chi connectivity index (χ0n) is 13.9. The van der Waals surface area contributed by atoms with E-state index >= 15 is 0 Å². The van der Waals surface area contributed by atoms with Crippen LogP contribution in [0.5, 0.6) is 0 Å². The van der Waals surface area contributed by atoms with E-state index in [1.807, 2.05) is 0 Å². The molecule has 0 saturated heterocycles. The van der Waals surface area contributed by atoms with Crippen molar-refractivity contribution in [2.45, 2.75) is 0 Å². The minimum Gasteiger partial charge on any atom is -0.334 e. The number of aromatic nitrogens is 3. The molecule has 28 heavy (non-hydrogen) atoms. The van der Waals surface area contributed by atoms with Gasteiger partial charge in [0.05, 0.1) is 10.5 Å². The van der Waals surface area contributed by atoms with Crippen molar-refractivity contribution in [3.8, 4) is 0 Å². The normalized spacial score (nSPS) is 10.2. The summed E-state index contributed by atoms with van der Waals surface area (Å²) < 4.78 is 0. The van der Waals surface area contributed by atoms with Crippen LogP contribution < -0.4 is 16.2 Å². The van der Waals surface area contributed by atoms with Gasteiger partial charge in [-0.15, -0.1) is 0 Å². The molecule has 1 aromatic carbocycles. The Morgan fingerprint density at radius 1 is 1.11 bits per heavy atom. The van der Waals surface area contributed by atoms with E-state index < -0.39 is 16.5 Å². The Balaban J connectivity index is 1.85. The Morgan fingerprint density at radius 2 is 1.82 bits per heavy atom. The molecular formula is C16H11Cl2N7O3. The molecule has 3 N–H and O–H groups in total. The van der Waals surface area contributed by atoms with Crippen LogP contribution in [0, 0.1) is 10.1 Å². The third-order valence-electron chi connectivity index (χ3n) is 3.35. The Labute approximate surface area is 168 Å². The summed E-state index contributed by atoms with van der Waals surface area (Å²) in [6, 6.07) is 7.69. The van der Waals surface area contributed by atoms with E-state index in [0.29, 0.717) is 15.7 Å². The molecule has 2 aromatic heterocycles. The van der Waals surface area contributed by atoms with Crippen LogP contribution >= 0.6 is 23.2 Å². The summed E-state index contributed by atoms with van der Waals surface area (Å²) >= 11 is 11.9. The number of amides is 1. The van der Waals surface area contributed by atoms with Gasteiger partial charge >= 0.3 is 5.69 Å². The SMILES string of the molecule is O=C(NNc1ncnc(Nc2cc(Cl)cc(Cl)c2)c1[N+](=O)[O-])c1cccnc1. The van der Waals surface area contributed by atoms with Crippen molar-refractivity contribution in [3.63, 3.8) is 0 Å². The monoisotopic (exact) mass is 419 g/mol. The van der Waals surface area contributed by atoms with Gasteiger partial charge < -0.3 is 5.32 Å². The first kappa shape index (κ1) is 19.3. The number of carbonyl (C=O) groups excluding carboxylic acids is 1. The third-order valence-corrected chi connectivity index (χ3v) is 3.78. The molecule has 142 valence electrons. The Bertz CT molecular complexity index is 1010. The van der Waals surface area contributed by atoms with Gasteiger partial charge in [-0.25, -0.2) is 9.97 Å². The number of pyridine rings is 1. The smallest absolute Gasteiger partial charge is 0.334 e. The number of carbonyl (C=O) groups is 1. The van der Waals surface area contributed by atoms with Gasteiger partial charge in [-0.05, 0) is 30.3 Å². The first-order valence-electron chi connectivity index (χ1n) is 7.63. The highest BCUT2D eigenvalue weighted by molar-refractivity contribution is 6.35. The molecule has 3 rings (SSSR count). The highest BCUT2D eigenvalue weighted by Gasteiger charge is 2.24. The number of nitrogens with one attached hydrogen (secondary N) is 3. The number of halogens is 2. The molecule has 10 nitrogen and oxygen atoms in total. The van der Waals surface area contributed by atoms with Crippen LogP contribution in [0.25, 0.3) is 0 Å². The van der Waals surface area contributed by atoms with E-state index in [-0.39, 0.29) is 17.2 Å². The lowest BCUT2D eigenvalue weighted by Crippen LogP contribution is -2.30. The topological polar surface area (TPSA) is 135 Å². The number of rotatable bonds is 6. The molecule has 0 fully saturated rings. The first-order valence-corrected chi connectivity index (χ1v) is 8.38. The average molecular weight is 420 g/mol. The molecule has 0 aliphatic carbocycles. The van der Waals surface area contributed by atoms with E-state index in [9.17, 15) is 14.9 Å². The molecule has 0 spiro atoms. The van der Waals surface area contributed by atoms with Gasteiger partial charge in [0.15, 0.2) is 0 Å². The number of anilines is 3. The van der Waals surface area contributed by atoms with Crippen molar-refractivity contribution in [2.75, 3.05) is 10.7 Å². The Morgan fingerprint density at radius 3 is 2.46 bits per heavy atom. The molecular weight excluding hydrogens is 409 g/mol. The standard InChI is InChI=1S/C16H11Cl2N7O3/c17-10-4-11(18)6-12(5-10)22-14-13(25(27)28)15(21-8-20-14)23-24-16(26)9-2-1-3-19-7-9/h1-8H,(H,24,26)(H2,20,21,22,23). The van der Waals surface area contributed by atoms with Gasteiger partial charge in [-0.1, -0.05) is 23.2 Å². The van der Waals surface area contributed by atoms with Gasteiger partial charge in [0.25, 0.3) is 5.91 Å². The van der Waals surface area contributed by atoms with E-state index in [4.69, 9.17) is 23.2 Å². The fourth-order valence-corrected chi connectivity index (χ4v) is 2.71. The number of hydrogen-bond donors (Lipinski definition) is 3. The van der Waals surface area contributed by atoms with E-state index in [1.165, 1.54) is 36.7 Å². The number of hydrazine groups is 1. The summed E-state index contributed by atoms with van der Waals surface area (Å²) in [4.78, 5) is 34.5. The quantitative estimate of drug-likeness (QED) is 0.407. The summed E-state index contributed by atoms with van der Waals surface area (Å²) in [6.45, 7) is 0. The van der Waals surface area contributed by atoms with Crippen LogP contribution in [-0.2, 0) is 0 Å². The second-order valence-corrected chi connectivity index (χ2v) is 6.15. The zero-order valence-corrected chi connectivity index (χ0v) is 15.4. The second-order valence-electron chi connectivity index (χ2n) is 5.28. The predicted octanol–water partition coefficient (Wildman–Crippen LogP) is 3.59. The number of hydrogen-bond acceptors (Lipinski definition) is 8. The van der Waals surface area contributed by atoms with Gasteiger partial charge in [0.2, 0.25) is 11.6 Å². The van der Waals surface area contributed by atoms with Crippen LogP contribution in [0.2, 0.25) is 10.0 Å². The fourth-order valence-electron chi connectivity index (χ4n) is 2.18. The summed E-state index contributed by atoms with van der Waals surface area (Å²) in [5.74, 6) is -0.874. The maximum Gasteiger partial charge on any atom is 0.355 e. The van der Waals surface area contributed by atoms with Gasteiger partial charge in [-0.2, -0.15) is 0 Å². The van der Waals surface area contributed by atoms with Crippen molar-refractivity contribution >= 4 is 52.1 Å². The molecule has 0 bridgehead atoms. The van der Waals surface area contributed by atoms with E-state index in [0.717, 1.165) is 6.33 Å². The Kier molecular flexibility index (Phi) is 5.82. The van der Waals surface area contributed by atoms with Crippen LogP contribution in [0.4, 0.5) is 23.0 Å². The van der Waals surface area contributed by atoms with Crippen molar-refractivity contribution in [1.82, 2.24) is 20.4 Å². The summed E-state index contributed by atoms with van der Waals surface area (Å²) in [6.07, 6.45) is 3.96. The van der Waals surface area contributed by atoms with Crippen LogP contribution in [-0.4, -0.2) is 25.8 Å². The Hall–Kier alpha value is -3.50. The number of nitro groups is 1. The molecule has 2 heterocycles. The molecule has 0 unspecified atom stereocenters. The van der Waals surface area contributed by atoms with Gasteiger partial charge in [0.1, 0.15) is 6.33 Å². The summed E-state index contributed by atoms with van der Waals surface area (Å²) in [5.41, 5.74) is 4.93. The van der Waals surface area contributed by atoms with Crippen molar-refractivity contribution in [3.05, 3.63) is 74.8 Å². The minimum atomic E-state index is -0.687. The lowest BCUT2D eigenvalue weighted by atomic mass is 10.3. The molecule has 0 atom stereocenters. The zero-order chi connectivity index (χ0) is 20.1. The summed E-state index contributed by atoms with van der Waals surface area (Å²) in [7, 11) is 0. The predicted molar refractivity (Wildman–Crippen MR) is 104 cm³/mol. The summed E-state index contributed by atoms with van der Waals surface area (Å²) in [5, 5.41) is 15.0. The van der Waals surface area contributed by atoms with Gasteiger partial charge in [-0.3, -0.25) is 30.7 Å². The van der Waals surface area contributed by atoms with E-state index in [2.05, 4.69) is 31.1 Å². The third kappa shape index (κ3) is 4.61. The maximum absolute atomic E-state index is 12.1. The van der Waals surface area contributed by atoms with Crippen molar-refractivity contribution < 1.29 is 9.72 Å². The van der Waals surface area contributed by atoms with Crippen LogP contribution in [0.15, 0.2) is 49.1 Å². The molecule has 0 aliphatic heterocycles. The lowest BCUT2D eigenvalue weighted by molar-refractivity contribution is -0.383. The van der Waals surface area contributed by atoms with Gasteiger partial charge in [0, 0.05) is 28.1 Å². The first-order chi connectivity index (χ1) is 13.4.